The van der Waals surface area contributed by atoms with Crippen LogP contribution in [0.2, 0.25) is 10.0 Å². The zero-order valence-corrected chi connectivity index (χ0v) is 11.8. The van der Waals surface area contributed by atoms with Gasteiger partial charge in [0.1, 0.15) is 5.69 Å². The highest BCUT2D eigenvalue weighted by Crippen LogP contribution is 2.23. The number of aryl methyl sites for hydroxylation is 1. The Morgan fingerprint density at radius 2 is 1.89 bits per heavy atom. The summed E-state index contributed by atoms with van der Waals surface area (Å²) >= 11 is 11.8. The number of nitrogens with one attached hydrogen (secondary N) is 1. The molecule has 1 amide bonds. The van der Waals surface area contributed by atoms with Crippen LogP contribution in [-0.2, 0) is 6.54 Å². The van der Waals surface area contributed by atoms with Crippen molar-refractivity contribution in [1.29, 1.82) is 0 Å². The van der Waals surface area contributed by atoms with Gasteiger partial charge in [-0.3, -0.25) is 4.79 Å². The Hall–Kier alpha value is -1.65. The van der Waals surface area contributed by atoms with Crippen molar-refractivity contribution in [2.24, 2.45) is 0 Å². The van der Waals surface area contributed by atoms with Crippen molar-refractivity contribution in [1.82, 2.24) is 4.57 Å². The van der Waals surface area contributed by atoms with Crippen molar-refractivity contribution in [2.45, 2.75) is 13.5 Å². The zero-order chi connectivity index (χ0) is 14.0. The van der Waals surface area contributed by atoms with Gasteiger partial charge in [-0.15, -0.1) is 0 Å². The predicted octanol–water partition coefficient (Wildman–Crippen LogP) is 3.65. The number of anilines is 2. The van der Waals surface area contributed by atoms with E-state index in [1.165, 1.54) is 0 Å². The fourth-order valence-electron chi connectivity index (χ4n) is 1.81. The molecule has 0 unspecified atom stereocenters. The van der Waals surface area contributed by atoms with E-state index in [1.54, 1.807) is 35.0 Å². The molecule has 4 nitrogen and oxygen atoms in total. The van der Waals surface area contributed by atoms with E-state index < -0.39 is 0 Å². The minimum atomic E-state index is -0.253. The van der Waals surface area contributed by atoms with E-state index in [1.807, 2.05) is 6.92 Å². The van der Waals surface area contributed by atoms with Crippen molar-refractivity contribution < 1.29 is 4.79 Å². The first kappa shape index (κ1) is 13.8. The molecule has 1 heterocycles. The van der Waals surface area contributed by atoms with Crippen LogP contribution < -0.4 is 11.1 Å². The second-order valence-corrected chi connectivity index (χ2v) is 4.93. The lowest BCUT2D eigenvalue weighted by Gasteiger charge is -2.08. The third kappa shape index (κ3) is 3.22. The second kappa shape index (κ2) is 5.55. The number of carbonyl (C=O) groups is 1. The average molecular weight is 298 g/mol. The van der Waals surface area contributed by atoms with E-state index in [4.69, 9.17) is 28.9 Å². The van der Waals surface area contributed by atoms with Gasteiger partial charge < -0.3 is 15.6 Å². The molecule has 6 heteroatoms. The van der Waals surface area contributed by atoms with Crippen LogP contribution in [0, 0.1) is 0 Å². The van der Waals surface area contributed by atoms with Crippen molar-refractivity contribution >= 4 is 40.5 Å². The van der Waals surface area contributed by atoms with Crippen LogP contribution in [-0.4, -0.2) is 10.5 Å². The lowest BCUT2D eigenvalue weighted by atomic mass is 10.3. The van der Waals surface area contributed by atoms with E-state index in [0.717, 1.165) is 0 Å². The molecule has 0 aliphatic carbocycles. The number of hydrogen-bond acceptors (Lipinski definition) is 2. The molecule has 0 aliphatic rings. The number of benzene rings is 1. The van der Waals surface area contributed by atoms with Crippen molar-refractivity contribution in [3.8, 4) is 0 Å². The third-order valence-electron chi connectivity index (χ3n) is 2.61. The normalized spacial score (nSPS) is 10.5. The van der Waals surface area contributed by atoms with Gasteiger partial charge in [-0.05, 0) is 31.2 Å². The monoisotopic (exact) mass is 297 g/mol. The quantitative estimate of drug-likeness (QED) is 0.908. The van der Waals surface area contributed by atoms with E-state index >= 15 is 0 Å². The Kier molecular flexibility index (Phi) is 4.02. The number of carbonyl (C=O) groups excluding carboxylic acids is 1. The molecule has 0 aliphatic heterocycles. The number of rotatable bonds is 3. The maximum Gasteiger partial charge on any atom is 0.272 e. The number of hydrogen-bond donors (Lipinski definition) is 2. The maximum absolute atomic E-state index is 12.2. The van der Waals surface area contributed by atoms with Crippen molar-refractivity contribution in [2.75, 3.05) is 11.1 Å². The number of amides is 1. The van der Waals surface area contributed by atoms with Gasteiger partial charge in [-0.1, -0.05) is 23.2 Å². The van der Waals surface area contributed by atoms with Gasteiger partial charge in [-0.25, -0.2) is 0 Å². The highest BCUT2D eigenvalue weighted by molar-refractivity contribution is 6.35. The lowest BCUT2D eigenvalue weighted by molar-refractivity contribution is 0.101. The Morgan fingerprint density at radius 1 is 1.26 bits per heavy atom. The molecule has 0 radical (unpaired) electrons. The van der Waals surface area contributed by atoms with Gasteiger partial charge in [0.2, 0.25) is 0 Å². The molecule has 0 saturated heterocycles. The van der Waals surface area contributed by atoms with Crippen LogP contribution in [0.4, 0.5) is 11.4 Å². The van der Waals surface area contributed by atoms with Crippen LogP contribution in [0.25, 0.3) is 0 Å². The van der Waals surface area contributed by atoms with Gasteiger partial charge in [0.15, 0.2) is 0 Å². The minimum Gasteiger partial charge on any atom is -0.397 e. The maximum atomic E-state index is 12.2. The number of nitrogens with zero attached hydrogens (tertiary/aromatic N) is 1. The molecule has 0 fully saturated rings. The number of nitrogens with two attached hydrogens (primary N) is 1. The standard InChI is InChI=1S/C13H13Cl2N3O/c1-2-18-7-10(16)6-12(18)13(19)17-11-4-8(14)3-9(15)5-11/h3-7H,2,16H2,1H3,(H,17,19). The van der Waals surface area contributed by atoms with E-state index in [-0.39, 0.29) is 5.91 Å². The molecule has 0 atom stereocenters. The minimum absolute atomic E-state index is 0.253. The average Bonchev–Trinajstić information content (AvgIpc) is 2.69. The molecule has 1 aromatic carbocycles. The summed E-state index contributed by atoms with van der Waals surface area (Å²) in [6.07, 6.45) is 1.72. The summed E-state index contributed by atoms with van der Waals surface area (Å²) in [7, 11) is 0. The Labute approximate surface area is 121 Å². The first-order chi connectivity index (χ1) is 8.99. The van der Waals surface area contributed by atoms with Crippen LogP contribution in [0.3, 0.4) is 0 Å². The smallest absolute Gasteiger partial charge is 0.272 e. The summed E-state index contributed by atoms with van der Waals surface area (Å²) in [5.74, 6) is -0.253. The van der Waals surface area contributed by atoms with E-state index in [9.17, 15) is 4.79 Å². The summed E-state index contributed by atoms with van der Waals surface area (Å²) in [6.45, 7) is 2.60. The first-order valence-electron chi connectivity index (χ1n) is 5.72. The Morgan fingerprint density at radius 3 is 2.47 bits per heavy atom. The fraction of sp³-hybridized carbons (Fsp3) is 0.154. The lowest BCUT2D eigenvalue weighted by Crippen LogP contribution is -2.16. The summed E-state index contributed by atoms with van der Waals surface area (Å²) in [6, 6.07) is 6.50. The van der Waals surface area contributed by atoms with Crippen molar-refractivity contribution in [3.05, 3.63) is 46.2 Å². The SMILES string of the molecule is CCn1cc(N)cc1C(=O)Nc1cc(Cl)cc(Cl)c1. The van der Waals surface area contributed by atoms with Gasteiger partial charge in [-0.2, -0.15) is 0 Å². The van der Waals surface area contributed by atoms with Crippen LogP contribution in [0.15, 0.2) is 30.5 Å². The summed E-state index contributed by atoms with van der Waals surface area (Å²) < 4.78 is 1.77. The summed E-state index contributed by atoms with van der Waals surface area (Å²) in [5, 5.41) is 3.68. The molecule has 1 aromatic heterocycles. The molecule has 19 heavy (non-hydrogen) atoms. The molecular formula is C13H13Cl2N3O. The van der Waals surface area contributed by atoms with Crippen LogP contribution >= 0.6 is 23.2 Å². The van der Waals surface area contributed by atoms with Crippen LogP contribution in [0.1, 0.15) is 17.4 Å². The molecule has 100 valence electrons. The molecule has 2 aromatic rings. The van der Waals surface area contributed by atoms with Gasteiger partial charge >= 0.3 is 0 Å². The van der Waals surface area contributed by atoms with E-state index in [0.29, 0.717) is 33.7 Å². The van der Waals surface area contributed by atoms with E-state index in [2.05, 4.69) is 5.32 Å². The zero-order valence-electron chi connectivity index (χ0n) is 10.3. The Balaban J connectivity index is 2.25. The number of halogens is 2. The highest BCUT2D eigenvalue weighted by atomic mass is 35.5. The van der Waals surface area contributed by atoms with Crippen molar-refractivity contribution in [3.63, 3.8) is 0 Å². The predicted molar refractivity (Wildman–Crippen MR) is 78.9 cm³/mol. The third-order valence-corrected chi connectivity index (χ3v) is 3.05. The highest BCUT2D eigenvalue weighted by Gasteiger charge is 2.12. The van der Waals surface area contributed by atoms with Gasteiger partial charge in [0, 0.05) is 28.5 Å². The molecule has 0 spiro atoms. The molecule has 2 rings (SSSR count). The topological polar surface area (TPSA) is 60.0 Å². The largest absolute Gasteiger partial charge is 0.397 e. The number of nitrogen functional groups attached to an aromatic ring is 1. The first-order valence-corrected chi connectivity index (χ1v) is 6.48. The second-order valence-electron chi connectivity index (χ2n) is 4.06. The summed E-state index contributed by atoms with van der Waals surface area (Å²) in [5.41, 5.74) is 7.29. The fourth-order valence-corrected chi connectivity index (χ4v) is 2.33. The number of aromatic nitrogens is 1. The van der Waals surface area contributed by atoms with Crippen LogP contribution in [0.5, 0.6) is 0 Å². The van der Waals surface area contributed by atoms with Gasteiger partial charge in [0.25, 0.3) is 5.91 Å². The molecule has 0 bridgehead atoms. The molecule has 0 saturated carbocycles. The molecule has 3 N–H and O–H groups in total. The summed E-state index contributed by atoms with van der Waals surface area (Å²) in [4.78, 5) is 12.2. The Bertz CT molecular complexity index is 602. The molecular weight excluding hydrogens is 285 g/mol. The van der Waals surface area contributed by atoms with Gasteiger partial charge in [0.05, 0.1) is 5.69 Å².